The van der Waals surface area contributed by atoms with Crippen LogP contribution in [0.15, 0.2) is 47.7 Å². The first-order chi connectivity index (χ1) is 13.5. The molecule has 0 aliphatic heterocycles. The van der Waals surface area contributed by atoms with Crippen LogP contribution in [-0.2, 0) is 11.3 Å². The van der Waals surface area contributed by atoms with Crippen LogP contribution in [0.25, 0.3) is 5.69 Å². The lowest BCUT2D eigenvalue weighted by atomic mass is 9.84. The molecule has 1 saturated carbocycles. The fraction of sp³-hybridized carbons (Fsp3) is 0.476. The molecule has 1 aliphatic rings. The maximum Gasteiger partial charge on any atom is 0.230 e. The van der Waals surface area contributed by atoms with Gasteiger partial charge >= 0.3 is 0 Å². The van der Waals surface area contributed by atoms with Crippen LogP contribution < -0.4 is 10.6 Å². The summed E-state index contributed by atoms with van der Waals surface area (Å²) in [7, 11) is 5.43. The van der Waals surface area contributed by atoms with Gasteiger partial charge in [0.25, 0.3) is 0 Å². The van der Waals surface area contributed by atoms with Crippen molar-refractivity contribution in [3.05, 3.63) is 48.3 Å². The number of hydrogen-bond donors (Lipinski definition) is 2. The molecule has 0 radical (unpaired) electrons. The lowest BCUT2D eigenvalue weighted by Crippen LogP contribution is -2.49. The summed E-state index contributed by atoms with van der Waals surface area (Å²) < 4.78 is 1.83. The van der Waals surface area contributed by atoms with Gasteiger partial charge < -0.3 is 15.5 Å². The van der Waals surface area contributed by atoms with Crippen molar-refractivity contribution in [3.8, 4) is 5.69 Å². The number of halogens is 1. The second-order valence-corrected chi connectivity index (χ2v) is 7.58. The molecule has 1 aromatic heterocycles. The minimum absolute atomic E-state index is 0. The Bertz CT molecular complexity index is 795. The molecule has 2 aromatic rings. The Hall–Kier alpha value is -2.10. The molecule has 2 N–H and O–H groups in total. The van der Waals surface area contributed by atoms with Crippen LogP contribution in [-0.4, -0.2) is 54.2 Å². The fourth-order valence-corrected chi connectivity index (χ4v) is 3.84. The number of benzene rings is 1. The molecule has 8 heteroatoms. The Morgan fingerprint density at radius 1 is 1.21 bits per heavy atom. The van der Waals surface area contributed by atoms with Gasteiger partial charge in [-0.15, -0.1) is 24.0 Å². The Kier molecular flexibility index (Phi) is 8.48. The number of amides is 1. The third kappa shape index (κ3) is 5.71. The number of hydrogen-bond acceptors (Lipinski definition) is 3. The Labute approximate surface area is 190 Å². The highest BCUT2D eigenvalue weighted by atomic mass is 127. The van der Waals surface area contributed by atoms with E-state index >= 15 is 0 Å². The molecule has 29 heavy (non-hydrogen) atoms. The largest absolute Gasteiger partial charge is 0.355 e. The average molecular weight is 510 g/mol. The van der Waals surface area contributed by atoms with Gasteiger partial charge in [-0.3, -0.25) is 9.79 Å². The van der Waals surface area contributed by atoms with Crippen molar-refractivity contribution in [2.24, 2.45) is 10.4 Å². The summed E-state index contributed by atoms with van der Waals surface area (Å²) >= 11 is 0. The molecule has 1 amide bonds. The fourth-order valence-electron chi connectivity index (χ4n) is 3.84. The van der Waals surface area contributed by atoms with Crippen molar-refractivity contribution in [2.45, 2.75) is 32.2 Å². The Morgan fingerprint density at radius 3 is 2.45 bits per heavy atom. The van der Waals surface area contributed by atoms with E-state index in [2.05, 4.69) is 32.9 Å². The maximum absolute atomic E-state index is 12.7. The van der Waals surface area contributed by atoms with Gasteiger partial charge in [-0.05, 0) is 36.6 Å². The summed E-state index contributed by atoms with van der Waals surface area (Å²) in [4.78, 5) is 18.7. The standard InChI is InChI=1S/C21H30N6O.HI/c1-22-20(24-16-21(11-4-5-12-21)19(28)26(2)3)23-15-17-7-9-18(10-8-17)27-14-6-13-25-27;/h6-10,13-14H,4-5,11-12,15-16H2,1-3H3,(H2,22,23,24);1H. The topological polar surface area (TPSA) is 74.5 Å². The van der Waals surface area contributed by atoms with Gasteiger partial charge in [0.15, 0.2) is 5.96 Å². The van der Waals surface area contributed by atoms with Crippen LogP contribution in [0.1, 0.15) is 31.2 Å². The smallest absolute Gasteiger partial charge is 0.230 e. The van der Waals surface area contributed by atoms with Gasteiger partial charge in [0.2, 0.25) is 5.91 Å². The highest BCUT2D eigenvalue weighted by molar-refractivity contribution is 14.0. The minimum Gasteiger partial charge on any atom is -0.355 e. The summed E-state index contributed by atoms with van der Waals surface area (Å²) in [6.07, 6.45) is 7.77. The highest BCUT2D eigenvalue weighted by Gasteiger charge is 2.42. The zero-order chi connectivity index (χ0) is 20.0. The summed E-state index contributed by atoms with van der Waals surface area (Å²) in [5.41, 5.74) is 1.87. The Morgan fingerprint density at radius 2 is 1.90 bits per heavy atom. The van der Waals surface area contributed by atoms with Crippen molar-refractivity contribution in [2.75, 3.05) is 27.7 Å². The second-order valence-electron chi connectivity index (χ2n) is 7.58. The number of aromatic nitrogens is 2. The van der Waals surface area contributed by atoms with E-state index in [-0.39, 0.29) is 35.3 Å². The quantitative estimate of drug-likeness (QED) is 0.356. The molecular formula is C21H31IN6O. The van der Waals surface area contributed by atoms with Gasteiger partial charge in [0, 0.05) is 46.6 Å². The van der Waals surface area contributed by atoms with Crippen molar-refractivity contribution in [3.63, 3.8) is 0 Å². The lowest BCUT2D eigenvalue weighted by molar-refractivity contribution is -0.138. The van der Waals surface area contributed by atoms with Crippen LogP contribution in [0.5, 0.6) is 0 Å². The number of nitrogens with zero attached hydrogens (tertiary/aromatic N) is 4. The first-order valence-corrected chi connectivity index (χ1v) is 9.79. The van der Waals surface area contributed by atoms with Crippen LogP contribution in [0.3, 0.4) is 0 Å². The van der Waals surface area contributed by atoms with Crippen molar-refractivity contribution >= 4 is 35.8 Å². The van der Waals surface area contributed by atoms with Crippen LogP contribution in [0.4, 0.5) is 0 Å². The molecule has 0 saturated heterocycles. The van der Waals surface area contributed by atoms with Gasteiger partial charge in [-0.25, -0.2) is 4.68 Å². The zero-order valence-electron chi connectivity index (χ0n) is 17.4. The zero-order valence-corrected chi connectivity index (χ0v) is 19.7. The van der Waals surface area contributed by atoms with Gasteiger partial charge in [-0.1, -0.05) is 25.0 Å². The molecule has 0 bridgehead atoms. The summed E-state index contributed by atoms with van der Waals surface area (Å²) in [5.74, 6) is 0.927. The average Bonchev–Trinajstić information content (AvgIpc) is 3.41. The monoisotopic (exact) mass is 510 g/mol. The Balaban J connectivity index is 0.00000300. The minimum atomic E-state index is -0.313. The van der Waals surface area contributed by atoms with Crippen molar-refractivity contribution in [1.29, 1.82) is 0 Å². The van der Waals surface area contributed by atoms with E-state index in [1.54, 1.807) is 18.1 Å². The van der Waals surface area contributed by atoms with Crippen LogP contribution in [0, 0.1) is 5.41 Å². The normalized spacial score (nSPS) is 15.5. The van der Waals surface area contributed by atoms with Crippen molar-refractivity contribution in [1.82, 2.24) is 25.3 Å². The first kappa shape index (κ1) is 23.2. The first-order valence-electron chi connectivity index (χ1n) is 9.79. The van der Waals surface area contributed by atoms with Crippen molar-refractivity contribution < 1.29 is 4.79 Å². The van der Waals surface area contributed by atoms with Crippen LogP contribution in [0.2, 0.25) is 0 Å². The van der Waals surface area contributed by atoms with E-state index in [1.807, 2.05) is 43.2 Å². The summed E-state index contributed by atoms with van der Waals surface area (Å²) in [6.45, 7) is 1.27. The molecule has 0 unspecified atom stereocenters. The van der Waals surface area contributed by atoms with E-state index < -0.39 is 0 Å². The van der Waals surface area contributed by atoms with Gasteiger partial charge in [0.05, 0.1) is 11.1 Å². The predicted octanol–water partition coefficient (Wildman–Crippen LogP) is 2.80. The number of aliphatic imine (C=N–C) groups is 1. The molecular weight excluding hydrogens is 479 g/mol. The van der Waals surface area contributed by atoms with E-state index in [4.69, 9.17) is 0 Å². The van der Waals surface area contributed by atoms with Gasteiger partial charge in [0.1, 0.15) is 0 Å². The lowest BCUT2D eigenvalue weighted by Gasteiger charge is -2.31. The molecule has 1 fully saturated rings. The third-order valence-electron chi connectivity index (χ3n) is 5.40. The van der Waals surface area contributed by atoms with Crippen LogP contribution >= 0.6 is 24.0 Å². The van der Waals surface area contributed by atoms with Gasteiger partial charge in [-0.2, -0.15) is 5.10 Å². The number of carbonyl (C=O) groups excluding carboxylic acids is 1. The van der Waals surface area contributed by atoms with E-state index in [0.29, 0.717) is 19.0 Å². The maximum atomic E-state index is 12.7. The summed E-state index contributed by atoms with van der Waals surface area (Å²) in [6, 6.07) is 10.1. The number of nitrogens with one attached hydrogen (secondary N) is 2. The number of rotatable bonds is 6. The molecule has 158 valence electrons. The number of guanidine groups is 1. The predicted molar refractivity (Wildman–Crippen MR) is 127 cm³/mol. The van der Waals surface area contributed by atoms with E-state index in [0.717, 1.165) is 36.9 Å². The molecule has 0 spiro atoms. The SMILES string of the molecule is CN=C(NCc1ccc(-n2cccn2)cc1)NCC1(C(=O)N(C)C)CCCC1.I. The molecule has 1 aliphatic carbocycles. The molecule has 7 nitrogen and oxygen atoms in total. The van der Waals surface area contributed by atoms with E-state index in [1.165, 1.54) is 0 Å². The third-order valence-corrected chi connectivity index (χ3v) is 5.40. The molecule has 1 heterocycles. The molecule has 1 aromatic carbocycles. The second kappa shape index (κ2) is 10.6. The molecule has 3 rings (SSSR count). The summed E-state index contributed by atoms with van der Waals surface area (Å²) in [5, 5.41) is 10.9. The number of carbonyl (C=O) groups is 1. The highest BCUT2D eigenvalue weighted by Crippen LogP contribution is 2.38. The van der Waals surface area contributed by atoms with E-state index in [9.17, 15) is 4.79 Å². The molecule has 0 atom stereocenters.